The molecule has 2 rings (SSSR count). The van der Waals surface area contributed by atoms with Crippen molar-refractivity contribution in [3.63, 3.8) is 0 Å². The van der Waals surface area contributed by atoms with Crippen LogP contribution in [0.15, 0.2) is 0 Å². The van der Waals surface area contributed by atoms with Crippen LogP contribution in [-0.2, 0) is 9.47 Å². The summed E-state index contributed by atoms with van der Waals surface area (Å²) in [7, 11) is 0. The van der Waals surface area contributed by atoms with Crippen LogP contribution in [0.4, 0.5) is 0 Å². The normalized spacial score (nSPS) is 32.7. The Morgan fingerprint density at radius 2 is 1.89 bits per heavy atom. The van der Waals surface area contributed by atoms with E-state index in [-0.39, 0.29) is 6.10 Å². The third kappa shape index (κ3) is 3.69. The first kappa shape index (κ1) is 14.3. The molecule has 0 aliphatic heterocycles. The summed E-state index contributed by atoms with van der Waals surface area (Å²) in [5, 5.41) is 3.49. The van der Waals surface area contributed by atoms with E-state index in [0.29, 0.717) is 12.1 Å². The summed E-state index contributed by atoms with van der Waals surface area (Å²) in [6, 6.07) is 0.509. The molecule has 0 bridgehead atoms. The summed E-state index contributed by atoms with van der Waals surface area (Å²) in [5.74, 6) is 0.815. The zero-order chi connectivity index (χ0) is 12.8. The van der Waals surface area contributed by atoms with E-state index in [2.05, 4.69) is 19.2 Å². The maximum atomic E-state index is 6.08. The van der Waals surface area contributed by atoms with Crippen LogP contribution in [0.25, 0.3) is 0 Å². The van der Waals surface area contributed by atoms with Gasteiger partial charge in [-0.15, -0.1) is 0 Å². The fourth-order valence-electron chi connectivity index (χ4n) is 3.12. The van der Waals surface area contributed by atoms with E-state index in [0.717, 1.165) is 38.5 Å². The Balaban J connectivity index is 1.69. The van der Waals surface area contributed by atoms with Crippen LogP contribution in [0.1, 0.15) is 52.4 Å². The first-order valence-corrected chi connectivity index (χ1v) is 7.81. The van der Waals surface area contributed by atoms with Gasteiger partial charge in [0.05, 0.1) is 12.2 Å². The minimum absolute atomic E-state index is 0.284. The van der Waals surface area contributed by atoms with E-state index >= 15 is 0 Å². The van der Waals surface area contributed by atoms with Crippen LogP contribution >= 0.6 is 0 Å². The smallest absolute Gasteiger partial charge is 0.0990 e. The summed E-state index contributed by atoms with van der Waals surface area (Å²) < 4.78 is 12.0. The number of hydrogen-bond donors (Lipinski definition) is 1. The molecule has 0 radical (unpaired) electrons. The first-order chi connectivity index (χ1) is 8.85. The van der Waals surface area contributed by atoms with Gasteiger partial charge in [-0.05, 0) is 38.1 Å². The zero-order valence-corrected chi connectivity index (χ0v) is 12.0. The van der Waals surface area contributed by atoms with Crippen molar-refractivity contribution >= 4 is 0 Å². The molecule has 3 unspecified atom stereocenters. The van der Waals surface area contributed by atoms with Gasteiger partial charge in [0, 0.05) is 19.3 Å². The molecule has 0 amide bonds. The van der Waals surface area contributed by atoms with Crippen LogP contribution < -0.4 is 5.32 Å². The van der Waals surface area contributed by atoms with Gasteiger partial charge in [0.15, 0.2) is 0 Å². The summed E-state index contributed by atoms with van der Waals surface area (Å²) in [6.45, 7) is 7.15. The molecule has 0 spiro atoms. The molecule has 0 aromatic carbocycles. The highest BCUT2D eigenvalue weighted by Crippen LogP contribution is 2.31. The molecule has 0 aromatic heterocycles. The Labute approximate surface area is 112 Å². The monoisotopic (exact) mass is 255 g/mol. The molecule has 3 atom stereocenters. The van der Waals surface area contributed by atoms with Crippen molar-refractivity contribution in [2.24, 2.45) is 5.92 Å². The van der Waals surface area contributed by atoms with Gasteiger partial charge in [0.2, 0.25) is 0 Å². The Hall–Kier alpha value is -0.120. The molecular formula is C15H29NO2. The lowest BCUT2D eigenvalue weighted by Gasteiger charge is -2.44. The van der Waals surface area contributed by atoms with Crippen molar-refractivity contribution in [1.82, 2.24) is 5.32 Å². The Morgan fingerprint density at radius 3 is 2.56 bits per heavy atom. The highest BCUT2D eigenvalue weighted by atomic mass is 16.5. The molecule has 1 N–H and O–H groups in total. The van der Waals surface area contributed by atoms with Gasteiger partial charge in [0.25, 0.3) is 0 Å². The van der Waals surface area contributed by atoms with Crippen molar-refractivity contribution in [3.8, 4) is 0 Å². The average molecular weight is 255 g/mol. The lowest BCUT2D eigenvalue weighted by Crippen LogP contribution is -2.60. The van der Waals surface area contributed by atoms with Crippen LogP contribution in [0.2, 0.25) is 0 Å². The number of hydrogen-bond acceptors (Lipinski definition) is 3. The quantitative estimate of drug-likeness (QED) is 0.723. The van der Waals surface area contributed by atoms with Gasteiger partial charge in [-0.3, -0.25) is 0 Å². The molecule has 0 saturated heterocycles. The summed E-state index contributed by atoms with van der Waals surface area (Å²) in [4.78, 5) is 0. The standard InChI is InChI=1S/C15H29NO2/c1-3-9-17-15-13(16-4-2)10-14(15)18-11-12-7-5-6-8-12/h12-16H,3-11H2,1-2H3. The molecular weight excluding hydrogens is 226 g/mol. The molecule has 2 aliphatic carbocycles. The lowest BCUT2D eigenvalue weighted by atomic mass is 9.85. The second kappa shape index (κ2) is 7.46. The molecule has 18 heavy (non-hydrogen) atoms. The van der Waals surface area contributed by atoms with Crippen LogP contribution in [0.3, 0.4) is 0 Å². The number of ether oxygens (including phenoxy) is 2. The fraction of sp³-hybridized carbons (Fsp3) is 1.00. The third-order valence-corrected chi connectivity index (χ3v) is 4.25. The molecule has 0 heterocycles. The van der Waals surface area contributed by atoms with E-state index in [4.69, 9.17) is 9.47 Å². The van der Waals surface area contributed by atoms with E-state index in [1.165, 1.54) is 25.7 Å². The Bertz CT molecular complexity index is 229. The van der Waals surface area contributed by atoms with E-state index in [9.17, 15) is 0 Å². The van der Waals surface area contributed by atoms with Gasteiger partial charge in [-0.2, -0.15) is 0 Å². The second-order valence-electron chi connectivity index (χ2n) is 5.76. The number of likely N-dealkylation sites (N-methyl/N-ethyl adjacent to an activating group) is 1. The number of nitrogens with one attached hydrogen (secondary N) is 1. The number of rotatable bonds is 8. The molecule has 3 nitrogen and oxygen atoms in total. The third-order valence-electron chi connectivity index (χ3n) is 4.25. The van der Waals surface area contributed by atoms with Gasteiger partial charge in [0.1, 0.15) is 0 Å². The maximum absolute atomic E-state index is 6.08. The van der Waals surface area contributed by atoms with Crippen molar-refractivity contribution in [2.45, 2.75) is 70.6 Å². The Kier molecular flexibility index (Phi) is 5.93. The van der Waals surface area contributed by atoms with Crippen molar-refractivity contribution in [1.29, 1.82) is 0 Å². The summed E-state index contributed by atoms with van der Waals surface area (Å²) in [5.41, 5.74) is 0. The topological polar surface area (TPSA) is 30.5 Å². The highest BCUT2D eigenvalue weighted by Gasteiger charge is 2.42. The van der Waals surface area contributed by atoms with Crippen LogP contribution in [0.5, 0.6) is 0 Å². The van der Waals surface area contributed by atoms with Gasteiger partial charge in [-0.25, -0.2) is 0 Å². The maximum Gasteiger partial charge on any atom is 0.0990 e. The molecule has 2 fully saturated rings. The van der Waals surface area contributed by atoms with Crippen molar-refractivity contribution in [3.05, 3.63) is 0 Å². The lowest BCUT2D eigenvalue weighted by molar-refractivity contribution is -0.151. The van der Waals surface area contributed by atoms with Gasteiger partial charge in [-0.1, -0.05) is 26.7 Å². The Morgan fingerprint density at radius 1 is 1.11 bits per heavy atom. The van der Waals surface area contributed by atoms with E-state index < -0.39 is 0 Å². The fourth-order valence-corrected chi connectivity index (χ4v) is 3.12. The van der Waals surface area contributed by atoms with Gasteiger partial charge >= 0.3 is 0 Å². The van der Waals surface area contributed by atoms with E-state index in [1.54, 1.807) is 0 Å². The van der Waals surface area contributed by atoms with Crippen LogP contribution in [-0.4, -0.2) is 38.0 Å². The summed E-state index contributed by atoms with van der Waals surface area (Å²) in [6.07, 6.45) is 8.35. The minimum Gasteiger partial charge on any atom is -0.375 e. The zero-order valence-electron chi connectivity index (χ0n) is 12.0. The molecule has 2 aliphatic rings. The molecule has 0 aromatic rings. The van der Waals surface area contributed by atoms with Crippen LogP contribution in [0, 0.1) is 5.92 Å². The predicted molar refractivity (Wildman–Crippen MR) is 73.8 cm³/mol. The van der Waals surface area contributed by atoms with Crippen molar-refractivity contribution in [2.75, 3.05) is 19.8 Å². The highest BCUT2D eigenvalue weighted by molar-refractivity contribution is 4.97. The molecule has 2 saturated carbocycles. The van der Waals surface area contributed by atoms with Crippen molar-refractivity contribution < 1.29 is 9.47 Å². The van der Waals surface area contributed by atoms with Gasteiger partial charge < -0.3 is 14.8 Å². The molecule has 3 heteroatoms. The predicted octanol–water partition coefficient (Wildman–Crippen LogP) is 2.74. The SMILES string of the molecule is CCCOC1C(NCC)CC1OCC1CCCC1. The minimum atomic E-state index is 0.284. The molecule has 106 valence electrons. The average Bonchev–Trinajstić information content (AvgIpc) is 2.86. The largest absolute Gasteiger partial charge is 0.375 e. The summed E-state index contributed by atoms with van der Waals surface area (Å²) >= 11 is 0. The second-order valence-corrected chi connectivity index (χ2v) is 5.76. The first-order valence-electron chi connectivity index (χ1n) is 7.81. The van der Waals surface area contributed by atoms with E-state index in [1.807, 2.05) is 0 Å².